The lowest BCUT2D eigenvalue weighted by molar-refractivity contribution is -0.384. The number of aliphatic hydroxyl groups excluding tert-OH is 15. The lowest BCUT2D eigenvalue weighted by atomic mass is 9.94. The molecular weight excluding hydrogens is 852 g/mol. The molecule has 0 saturated carbocycles. The lowest BCUT2D eigenvalue weighted by Crippen LogP contribution is -2.70. The maximum atomic E-state index is 12.4. The molecule has 5 aliphatic rings. The van der Waals surface area contributed by atoms with Gasteiger partial charge in [-0.25, -0.2) is 0 Å². The highest BCUT2D eigenvalue weighted by Crippen LogP contribution is 2.35. The number of hydrogen-bond acceptors (Lipinski definition) is 26. The minimum Gasteiger partial charge on any atom is -0.394 e. The number of carbonyl (C=O) groups excluding carboxylic acids is 2. The number of ether oxygens (including phenoxy) is 9. The summed E-state index contributed by atoms with van der Waals surface area (Å²) in [6, 6.07) is -3.22. The summed E-state index contributed by atoms with van der Waals surface area (Å²) in [5.74, 6) is -1.52. The van der Waals surface area contributed by atoms with Crippen LogP contribution in [-0.2, 0) is 52.2 Å². The van der Waals surface area contributed by atoms with Crippen LogP contribution in [0.25, 0.3) is 0 Å². The van der Waals surface area contributed by atoms with Gasteiger partial charge in [-0.2, -0.15) is 0 Å². The molecule has 0 aromatic rings. The normalized spacial score (nSPS) is 49.0. The number of hydrogen-bond donors (Lipinski definition) is 17. The molecule has 17 N–H and O–H groups in total. The SMILES string of the molecule is CC(=O)N[C@H]1[C@H](O[C@H]2[C@@H](O)[C@@H](CO)O[C@@H](O[C@H]3[C@H](O)[C@@H](O)[C@H](O)O[C@@H]3CO)[C@@H]2O)O[C@H](CO)[C@@H](O[C@@H]2O[C@H](CO)[C@H](O[C@@H]3O[C@H](CO)[C@H](O)[C@H](O)[C@H]3NC(C)=O)[C@H](O)[C@H]2O)[C@@H]1O. The highest BCUT2D eigenvalue weighted by molar-refractivity contribution is 5.73. The Morgan fingerprint density at radius 1 is 0.387 bits per heavy atom. The van der Waals surface area contributed by atoms with Crippen molar-refractivity contribution in [3.8, 4) is 0 Å². The Labute approximate surface area is 351 Å². The van der Waals surface area contributed by atoms with Gasteiger partial charge in [0.15, 0.2) is 31.5 Å². The van der Waals surface area contributed by atoms with Crippen LogP contribution >= 0.6 is 0 Å². The maximum absolute atomic E-state index is 12.4. The molecule has 0 unspecified atom stereocenters. The molecular formula is C34H58N2O26. The van der Waals surface area contributed by atoms with E-state index >= 15 is 0 Å². The van der Waals surface area contributed by atoms with Crippen LogP contribution in [-0.4, -0.2) is 275 Å². The zero-order valence-electron chi connectivity index (χ0n) is 33.2. The first-order chi connectivity index (χ1) is 29.3. The number of nitrogens with one attached hydrogen (secondary N) is 2. The summed E-state index contributed by atoms with van der Waals surface area (Å²) in [6.45, 7) is -2.48. The molecule has 0 bridgehead atoms. The van der Waals surface area contributed by atoms with Crippen molar-refractivity contribution in [1.82, 2.24) is 10.6 Å². The maximum Gasteiger partial charge on any atom is 0.217 e. The summed E-state index contributed by atoms with van der Waals surface area (Å²) in [5.41, 5.74) is 0. The Hall–Kier alpha value is -2.02. The fraction of sp³-hybridized carbons (Fsp3) is 0.941. The fourth-order valence-electron chi connectivity index (χ4n) is 7.84. The first kappa shape index (κ1) is 51.0. The van der Waals surface area contributed by atoms with Crippen LogP contribution in [0.5, 0.6) is 0 Å². The molecule has 5 saturated heterocycles. The molecule has 62 heavy (non-hydrogen) atoms. The van der Waals surface area contributed by atoms with Gasteiger partial charge >= 0.3 is 0 Å². The second-order valence-corrected chi connectivity index (χ2v) is 15.4. The van der Waals surface area contributed by atoms with E-state index in [0.29, 0.717) is 0 Å². The van der Waals surface area contributed by atoms with Crippen molar-refractivity contribution in [1.29, 1.82) is 0 Å². The molecule has 0 aromatic heterocycles. The van der Waals surface area contributed by atoms with Crippen LogP contribution in [0.2, 0.25) is 0 Å². The average molecular weight is 911 g/mol. The van der Waals surface area contributed by atoms with Crippen molar-refractivity contribution < 1.29 is 129 Å². The van der Waals surface area contributed by atoms with E-state index in [2.05, 4.69) is 10.6 Å². The Balaban J connectivity index is 1.33. The predicted octanol–water partition coefficient (Wildman–Crippen LogP) is -11.6. The third-order valence-electron chi connectivity index (χ3n) is 11.1. The number of rotatable bonds is 15. The van der Waals surface area contributed by atoms with Crippen molar-refractivity contribution in [3.05, 3.63) is 0 Å². The number of amides is 2. The van der Waals surface area contributed by atoms with Gasteiger partial charge in [0.1, 0.15) is 122 Å². The fourth-order valence-corrected chi connectivity index (χ4v) is 7.84. The topological polar surface area (TPSA) is 445 Å². The molecule has 0 aliphatic carbocycles. The first-order valence-corrected chi connectivity index (χ1v) is 19.6. The van der Waals surface area contributed by atoms with Crippen molar-refractivity contribution in [2.24, 2.45) is 0 Å². The van der Waals surface area contributed by atoms with E-state index in [1.807, 2.05) is 0 Å². The van der Waals surface area contributed by atoms with Gasteiger partial charge in [0, 0.05) is 13.8 Å². The summed E-state index contributed by atoms with van der Waals surface area (Å²) in [5, 5.41) is 163. The summed E-state index contributed by atoms with van der Waals surface area (Å²) >= 11 is 0. The molecule has 25 atom stereocenters. The molecule has 0 radical (unpaired) electrons. The van der Waals surface area contributed by atoms with Gasteiger partial charge in [-0.1, -0.05) is 0 Å². The zero-order valence-corrected chi connectivity index (χ0v) is 33.2. The van der Waals surface area contributed by atoms with E-state index in [4.69, 9.17) is 42.6 Å². The molecule has 0 aromatic carbocycles. The Kier molecular flexibility index (Phi) is 18.1. The Morgan fingerprint density at radius 3 is 1.24 bits per heavy atom. The molecule has 5 heterocycles. The van der Waals surface area contributed by atoms with Gasteiger partial charge in [0.05, 0.1) is 33.0 Å². The highest BCUT2D eigenvalue weighted by Gasteiger charge is 2.57. The summed E-state index contributed by atoms with van der Waals surface area (Å²) in [6.07, 6.45) is -41.9. The largest absolute Gasteiger partial charge is 0.394 e. The number of carbonyl (C=O) groups is 2. The molecule has 5 aliphatic heterocycles. The van der Waals surface area contributed by atoms with Crippen LogP contribution in [0, 0.1) is 0 Å². The summed E-state index contributed by atoms with van der Waals surface area (Å²) in [7, 11) is 0. The molecule has 2 amide bonds. The molecule has 28 nitrogen and oxygen atoms in total. The second kappa shape index (κ2) is 22.0. The van der Waals surface area contributed by atoms with E-state index in [-0.39, 0.29) is 0 Å². The van der Waals surface area contributed by atoms with E-state index < -0.39 is 198 Å². The third-order valence-corrected chi connectivity index (χ3v) is 11.1. The van der Waals surface area contributed by atoms with E-state index in [9.17, 15) is 86.2 Å². The van der Waals surface area contributed by atoms with Crippen LogP contribution in [0.4, 0.5) is 0 Å². The molecule has 360 valence electrons. The van der Waals surface area contributed by atoms with Crippen molar-refractivity contribution in [2.45, 2.75) is 167 Å². The van der Waals surface area contributed by atoms with E-state index in [0.717, 1.165) is 13.8 Å². The minimum absolute atomic E-state index is 0.704. The van der Waals surface area contributed by atoms with Crippen molar-refractivity contribution in [3.63, 3.8) is 0 Å². The zero-order chi connectivity index (χ0) is 45.9. The van der Waals surface area contributed by atoms with Gasteiger partial charge in [-0.15, -0.1) is 0 Å². The van der Waals surface area contributed by atoms with E-state index in [1.54, 1.807) is 0 Å². The Bertz CT molecular complexity index is 1440. The molecule has 0 spiro atoms. The van der Waals surface area contributed by atoms with Crippen LogP contribution < -0.4 is 10.6 Å². The lowest BCUT2D eigenvalue weighted by Gasteiger charge is -2.50. The van der Waals surface area contributed by atoms with Crippen molar-refractivity contribution >= 4 is 11.8 Å². The highest BCUT2D eigenvalue weighted by atomic mass is 16.8. The van der Waals surface area contributed by atoms with E-state index in [1.165, 1.54) is 0 Å². The molecule has 5 fully saturated rings. The number of aliphatic hydroxyl groups is 15. The van der Waals surface area contributed by atoms with Crippen LogP contribution in [0.1, 0.15) is 13.8 Å². The summed E-state index contributed by atoms with van der Waals surface area (Å²) < 4.78 is 50.6. The van der Waals surface area contributed by atoms with Gasteiger partial charge in [0.25, 0.3) is 0 Å². The predicted molar refractivity (Wildman–Crippen MR) is 190 cm³/mol. The average Bonchev–Trinajstić information content (AvgIpc) is 3.23. The smallest absolute Gasteiger partial charge is 0.217 e. The van der Waals surface area contributed by atoms with Crippen LogP contribution in [0.3, 0.4) is 0 Å². The van der Waals surface area contributed by atoms with Gasteiger partial charge in [0.2, 0.25) is 11.8 Å². The second-order valence-electron chi connectivity index (χ2n) is 15.4. The molecule has 5 rings (SSSR count). The van der Waals surface area contributed by atoms with Gasteiger partial charge in [-0.3, -0.25) is 9.59 Å². The minimum atomic E-state index is -2.11. The third kappa shape index (κ3) is 10.8. The first-order valence-electron chi connectivity index (χ1n) is 19.6. The quantitative estimate of drug-likeness (QED) is 0.0725. The summed E-state index contributed by atoms with van der Waals surface area (Å²) in [4.78, 5) is 24.3. The Morgan fingerprint density at radius 2 is 0.742 bits per heavy atom. The van der Waals surface area contributed by atoms with Gasteiger partial charge < -0.3 is 130 Å². The van der Waals surface area contributed by atoms with Crippen molar-refractivity contribution in [2.75, 3.05) is 33.0 Å². The molecule has 28 heteroatoms. The van der Waals surface area contributed by atoms with Crippen LogP contribution in [0.15, 0.2) is 0 Å². The monoisotopic (exact) mass is 910 g/mol. The van der Waals surface area contributed by atoms with Gasteiger partial charge in [-0.05, 0) is 0 Å². The standard InChI is InChI=1S/C34H58N2O26/c1-8(42)35-15-19(46)17(44)10(3-37)55-31(15)59-28-14(7-41)58-33(24(51)22(28)49)60-26-13(6-40)57-32(16(20(26)47)36-9(2)43)62-29-18(45)11(4-38)56-34(25(29)52)61-27-12(5-39)54-30(53)23(50)21(27)48/h10-34,37-41,44-53H,3-7H2,1-2H3,(H,35,42)(H,36,43)/t10-,11-,12-,13-,14-,15-,16-,17+,18+,19-,20-,21-,22-,23-,24-,25-,26-,27-,28+,29+,30-,31+,32+,33+,34+/m1/s1.